The maximum absolute atomic E-state index is 12.2. The number of nitrogens with zero attached hydrogens (tertiary/aromatic N) is 4. The molecule has 34 heavy (non-hydrogen) atoms. The number of aromatic nitrogens is 3. The molecule has 7 nitrogen and oxygen atoms in total. The predicted molar refractivity (Wildman–Crippen MR) is 131 cm³/mol. The summed E-state index contributed by atoms with van der Waals surface area (Å²) in [6.07, 6.45) is 0. The van der Waals surface area contributed by atoms with E-state index in [2.05, 4.69) is 15.5 Å². The lowest BCUT2D eigenvalue weighted by molar-refractivity contribution is 0.0947. The normalized spacial score (nSPS) is 12.2. The second-order valence-corrected chi connectivity index (χ2v) is 8.26. The van der Waals surface area contributed by atoms with Crippen LogP contribution in [0.4, 0.5) is 0 Å². The van der Waals surface area contributed by atoms with Crippen LogP contribution in [0, 0.1) is 6.92 Å². The Bertz CT molecular complexity index is 1360. The number of aryl methyl sites for hydroxylation is 1. The lowest BCUT2D eigenvalue weighted by Gasteiger charge is -2.15. The Kier molecular flexibility index (Phi) is 6.10. The smallest absolute Gasteiger partial charge is 0.251 e. The van der Waals surface area contributed by atoms with Crippen molar-refractivity contribution in [2.24, 2.45) is 4.99 Å². The van der Waals surface area contributed by atoms with Crippen LogP contribution in [-0.2, 0) is 6.54 Å². The van der Waals surface area contributed by atoms with Crippen LogP contribution in [0.1, 0.15) is 33.1 Å². The first-order valence-corrected chi connectivity index (χ1v) is 11.3. The number of carbonyl (C=O) groups excluding carboxylic acids is 1. The Morgan fingerprint density at radius 3 is 2.65 bits per heavy atom. The third-order valence-electron chi connectivity index (χ3n) is 5.54. The maximum Gasteiger partial charge on any atom is 0.251 e. The summed E-state index contributed by atoms with van der Waals surface area (Å²) in [5.74, 6) is 2.13. The van der Waals surface area contributed by atoms with Gasteiger partial charge in [-0.2, -0.15) is 0 Å². The van der Waals surface area contributed by atoms with Gasteiger partial charge in [0, 0.05) is 21.7 Å². The quantitative estimate of drug-likeness (QED) is 0.423. The van der Waals surface area contributed by atoms with Crippen LogP contribution in [0.25, 0.3) is 5.69 Å². The van der Waals surface area contributed by atoms with Crippen molar-refractivity contribution in [1.29, 1.82) is 0 Å². The minimum Gasteiger partial charge on any atom is -0.492 e. The summed E-state index contributed by atoms with van der Waals surface area (Å²) >= 11 is 6.10. The van der Waals surface area contributed by atoms with E-state index in [4.69, 9.17) is 21.3 Å². The fraction of sp³-hybridized carbons (Fsp3) is 0.154. The maximum atomic E-state index is 12.2. The van der Waals surface area contributed by atoms with E-state index in [1.54, 1.807) is 12.1 Å². The molecule has 1 N–H and O–H groups in total. The SMILES string of the molecule is Cc1nnc2n1-c1ccc(OCCNC(=O)c3ccccc3)cc1C(c1ccc(Cl)cc1)=NC2. The lowest BCUT2D eigenvalue weighted by Crippen LogP contribution is -2.28. The number of halogens is 1. The first kappa shape index (κ1) is 21.9. The number of hydrogen-bond donors (Lipinski definition) is 1. The van der Waals surface area contributed by atoms with Crippen LogP contribution < -0.4 is 10.1 Å². The molecule has 1 aliphatic heterocycles. The highest BCUT2D eigenvalue weighted by atomic mass is 35.5. The topological polar surface area (TPSA) is 81.4 Å². The summed E-state index contributed by atoms with van der Waals surface area (Å²) in [6.45, 7) is 3.06. The van der Waals surface area contributed by atoms with Crippen molar-refractivity contribution in [3.63, 3.8) is 0 Å². The van der Waals surface area contributed by atoms with Gasteiger partial charge in [0.15, 0.2) is 5.82 Å². The van der Waals surface area contributed by atoms with E-state index < -0.39 is 0 Å². The summed E-state index contributed by atoms with van der Waals surface area (Å²) in [6, 6.07) is 22.6. The molecular weight excluding hydrogens is 450 g/mol. The Labute approximate surface area is 202 Å². The molecule has 1 amide bonds. The Morgan fingerprint density at radius 2 is 1.85 bits per heavy atom. The van der Waals surface area contributed by atoms with E-state index in [0.29, 0.717) is 36.0 Å². The number of rotatable bonds is 6. The van der Waals surface area contributed by atoms with Crippen LogP contribution in [0.3, 0.4) is 0 Å². The van der Waals surface area contributed by atoms with Crippen LogP contribution in [0.15, 0.2) is 77.8 Å². The van der Waals surface area contributed by atoms with Crippen molar-refractivity contribution in [3.8, 4) is 11.4 Å². The number of nitrogens with one attached hydrogen (secondary N) is 1. The first-order chi connectivity index (χ1) is 16.6. The van der Waals surface area contributed by atoms with Gasteiger partial charge in [-0.3, -0.25) is 14.4 Å². The monoisotopic (exact) mass is 471 g/mol. The van der Waals surface area contributed by atoms with Gasteiger partial charge >= 0.3 is 0 Å². The van der Waals surface area contributed by atoms with Crippen molar-refractivity contribution >= 4 is 23.2 Å². The van der Waals surface area contributed by atoms with Crippen LogP contribution in [0.5, 0.6) is 5.75 Å². The Balaban J connectivity index is 1.39. The molecule has 1 aromatic heterocycles. The van der Waals surface area contributed by atoms with Gasteiger partial charge in [-0.25, -0.2) is 0 Å². The average Bonchev–Trinajstić information content (AvgIpc) is 3.14. The van der Waals surface area contributed by atoms with Crippen molar-refractivity contribution in [2.75, 3.05) is 13.2 Å². The van der Waals surface area contributed by atoms with Gasteiger partial charge in [-0.15, -0.1) is 10.2 Å². The van der Waals surface area contributed by atoms with Gasteiger partial charge in [0.25, 0.3) is 5.91 Å². The van der Waals surface area contributed by atoms with E-state index >= 15 is 0 Å². The summed E-state index contributed by atoms with van der Waals surface area (Å²) in [7, 11) is 0. The van der Waals surface area contributed by atoms with E-state index in [9.17, 15) is 4.79 Å². The van der Waals surface area contributed by atoms with Gasteiger partial charge < -0.3 is 10.1 Å². The zero-order valence-corrected chi connectivity index (χ0v) is 19.3. The fourth-order valence-electron chi connectivity index (χ4n) is 3.93. The number of ether oxygens (including phenoxy) is 1. The first-order valence-electron chi connectivity index (χ1n) is 10.9. The van der Waals surface area contributed by atoms with Gasteiger partial charge in [0.05, 0.1) is 17.9 Å². The zero-order valence-electron chi connectivity index (χ0n) is 18.5. The molecule has 5 rings (SSSR count). The molecule has 0 radical (unpaired) electrons. The Hall–Kier alpha value is -3.97. The molecule has 0 aliphatic carbocycles. The minimum absolute atomic E-state index is 0.126. The molecule has 0 spiro atoms. The summed E-state index contributed by atoms with van der Waals surface area (Å²) in [5, 5.41) is 12.1. The molecule has 8 heteroatoms. The van der Waals surface area contributed by atoms with Gasteiger partial charge in [-0.1, -0.05) is 41.9 Å². The second-order valence-electron chi connectivity index (χ2n) is 7.82. The highest BCUT2D eigenvalue weighted by Gasteiger charge is 2.22. The molecule has 0 saturated carbocycles. The molecule has 0 saturated heterocycles. The summed E-state index contributed by atoms with van der Waals surface area (Å²) < 4.78 is 7.99. The highest BCUT2D eigenvalue weighted by Crippen LogP contribution is 2.29. The molecule has 0 bridgehead atoms. The fourth-order valence-corrected chi connectivity index (χ4v) is 4.05. The molecule has 0 atom stereocenters. The van der Waals surface area contributed by atoms with Gasteiger partial charge in [-0.05, 0) is 49.4 Å². The van der Waals surface area contributed by atoms with Crippen LogP contribution >= 0.6 is 11.6 Å². The third-order valence-corrected chi connectivity index (χ3v) is 5.80. The number of benzene rings is 3. The molecule has 0 fully saturated rings. The van der Waals surface area contributed by atoms with E-state index in [1.807, 2.05) is 72.2 Å². The second kappa shape index (κ2) is 9.49. The van der Waals surface area contributed by atoms with Gasteiger partial charge in [0.1, 0.15) is 24.7 Å². The molecule has 2 heterocycles. The standard InChI is InChI=1S/C26H22ClN5O2/c1-17-30-31-24-16-29-25(18-7-9-20(27)10-8-18)22-15-21(11-12-23(22)32(17)24)34-14-13-28-26(33)19-5-3-2-4-6-19/h2-12,15H,13-14,16H2,1H3,(H,28,33). The zero-order chi connectivity index (χ0) is 23.5. The molecule has 170 valence electrons. The van der Waals surface area contributed by atoms with Crippen molar-refractivity contribution in [3.05, 3.63) is 106 Å². The lowest BCUT2D eigenvalue weighted by atomic mass is 10.00. The summed E-state index contributed by atoms with van der Waals surface area (Å²) in [4.78, 5) is 17.1. The third kappa shape index (κ3) is 4.43. The molecule has 3 aromatic carbocycles. The summed E-state index contributed by atoms with van der Waals surface area (Å²) in [5.41, 5.74) is 4.26. The van der Waals surface area contributed by atoms with Crippen molar-refractivity contribution in [1.82, 2.24) is 20.1 Å². The number of carbonyl (C=O) groups is 1. The highest BCUT2D eigenvalue weighted by molar-refractivity contribution is 6.30. The number of amides is 1. The molecule has 4 aromatic rings. The molecule has 0 unspecified atom stereocenters. The van der Waals surface area contributed by atoms with E-state index in [-0.39, 0.29) is 5.91 Å². The van der Waals surface area contributed by atoms with Gasteiger partial charge in [0.2, 0.25) is 0 Å². The minimum atomic E-state index is -0.126. The number of hydrogen-bond acceptors (Lipinski definition) is 5. The van der Waals surface area contributed by atoms with E-state index in [1.165, 1.54) is 0 Å². The average molecular weight is 472 g/mol. The number of fused-ring (bicyclic) bond motifs is 3. The largest absolute Gasteiger partial charge is 0.492 e. The van der Waals surface area contributed by atoms with Crippen molar-refractivity contribution in [2.45, 2.75) is 13.5 Å². The van der Waals surface area contributed by atoms with E-state index in [0.717, 1.165) is 34.2 Å². The van der Waals surface area contributed by atoms with Crippen LogP contribution in [-0.4, -0.2) is 39.5 Å². The van der Waals surface area contributed by atoms with Crippen molar-refractivity contribution < 1.29 is 9.53 Å². The Morgan fingerprint density at radius 1 is 1.06 bits per heavy atom. The number of aliphatic imine (C=N–C) groups is 1. The predicted octanol–water partition coefficient (Wildman–Crippen LogP) is 4.39. The van der Waals surface area contributed by atoms with Crippen LogP contribution in [0.2, 0.25) is 5.02 Å². The molecular formula is C26H22ClN5O2. The molecule has 1 aliphatic rings.